The van der Waals surface area contributed by atoms with Gasteiger partial charge in [0.25, 0.3) is 5.91 Å². The molecule has 0 aliphatic carbocycles. The van der Waals surface area contributed by atoms with E-state index in [1.165, 1.54) is 0 Å². The summed E-state index contributed by atoms with van der Waals surface area (Å²) in [6.07, 6.45) is 5.00. The van der Waals surface area contributed by atoms with E-state index in [0.29, 0.717) is 22.8 Å². The van der Waals surface area contributed by atoms with E-state index in [2.05, 4.69) is 20.3 Å². The first-order valence-corrected chi connectivity index (χ1v) is 7.37. The second-order valence-corrected chi connectivity index (χ2v) is 5.12. The fourth-order valence-electron chi connectivity index (χ4n) is 2.21. The molecule has 0 fully saturated rings. The molecule has 0 atom stereocenters. The van der Waals surface area contributed by atoms with Crippen LogP contribution in [-0.2, 0) is 0 Å². The summed E-state index contributed by atoms with van der Waals surface area (Å²) in [6, 6.07) is 10.8. The van der Waals surface area contributed by atoms with Crippen molar-refractivity contribution in [2.45, 2.75) is 6.92 Å². The van der Waals surface area contributed by atoms with Crippen LogP contribution in [0.4, 0.5) is 5.69 Å². The number of rotatable bonds is 4. The maximum absolute atomic E-state index is 12.5. The minimum absolute atomic E-state index is 0. The average molecular weight is 324 g/mol. The Bertz CT molecular complexity index is 876. The highest BCUT2D eigenvalue weighted by Gasteiger charge is 2.14. The topological polar surface area (TPSA) is 77.0 Å². The van der Waals surface area contributed by atoms with Crippen molar-refractivity contribution >= 4 is 11.6 Å². The van der Waals surface area contributed by atoms with Gasteiger partial charge < -0.3 is 10.1 Å². The van der Waals surface area contributed by atoms with Crippen LogP contribution in [0.5, 0.6) is 5.75 Å². The molecule has 0 spiro atoms. The number of carbonyl (C=O) groups is 1. The highest BCUT2D eigenvalue weighted by Crippen LogP contribution is 2.19. The summed E-state index contributed by atoms with van der Waals surface area (Å²) >= 11 is 0. The third kappa shape index (κ3) is 3.38. The summed E-state index contributed by atoms with van der Waals surface area (Å²) in [5.41, 5.74) is 2.87. The van der Waals surface area contributed by atoms with Gasteiger partial charge in [0.1, 0.15) is 11.4 Å². The van der Waals surface area contributed by atoms with Gasteiger partial charge in [-0.25, -0.2) is 4.98 Å². The van der Waals surface area contributed by atoms with Gasteiger partial charge >= 0.3 is 0 Å². The number of aryl methyl sites for hydroxylation is 1. The van der Waals surface area contributed by atoms with Crippen molar-refractivity contribution in [3.8, 4) is 17.0 Å². The standard InChI is InChI=1S/C18H16N4O2.2H2/c1-12-17(18(23)21-14-6-3-7-15(9-14)24-2)22-16(11-20-12)13-5-4-8-19-10-13;;/h3-11H,1-2H3,(H,21,23);2*1H. The molecule has 1 N–H and O–H groups in total. The summed E-state index contributed by atoms with van der Waals surface area (Å²) in [5, 5.41) is 2.82. The molecule has 1 aromatic carbocycles. The van der Waals surface area contributed by atoms with Gasteiger partial charge in [0, 0.05) is 32.6 Å². The molecule has 24 heavy (non-hydrogen) atoms. The molecule has 0 saturated heterocycles. The van der Waals surface area contributed by atoms with E-state index < -0.39 is 0 Å². The van der Waals surface area contributed by atoms with Crippen molar-refractivity contribution in [1.82, 2.24) is 15.0 Å². The molecule has 124 valence electrons. The van der Waals surface area contributed by atoms with Gasteiger partial charge in [-0.3, -0.25) is 14.8 Å². The first-order valence-electron chi connectivity index (χ1n) is 7.37. The number of nitrogens with zero attached hydrogens (tertiary/aromatic N) is 3. The highest BCUT2D eigenvalue weighted by atomic mass is 16.5. The van der Waals surface area contributed by atoms with E-state index in [1.807, 2.05) is 18.2 Å². The van der Waals surface area contributed by atoms with Crippen molar-refractivity contribution in [1.29, 1.82) is 0 Å². The van der Waals surface area contributed by atoms with Crippen LogP contribution < -0.4 is 10.1 Å². The fourth-order valence-corrected chi connectivity index (χ4v) is 2.21. The van der Waals surface area contributed by atoms with Crippen LogP contribution in [0, 0.1) is 6.92 Å². The Morgan fingerprint density at radius 1 is 1.21 bits per heavy atom. The molecule has 0 saturated carbocycles. The number of anilines is 1. The average Bonchev–Trinajstić information content (AvgIpc) is 2.63. The second-order valence-electron chi connectivity index (χ2n) is 5.12. The monoisotopic (exact) mass is 324 g/mol. The minimum atomic E-state index is -0.320. The smallest absolute Gasteiger partial charge is 0.276 e. The van der Waals surface area contributed by atoms with E-state index in [1.54, 1.807) is 50.8 Å². The Hall–Kier alpha value is -3.28. The van der Waals surface area contributed by atoms with Crippen LogP contribution in [-0.4, -0.2) is 28.0 Å². The number of hydrogen-bond donors (Lipinski definition) is 1. The van der Waals surface area contributed by atoms with Gasteiger partial charge in [-0.1, -0.05) is 6.07 Å². The molecule has 1 amide bonds. The molecule has 6 heteroatoms. The number of hydrogen-bond acceptors (Lipinski definition) is 5. The van der Waals surface area contributed by atoms with Crippen LogP contribution in [0.15, 0.2) is 55.0 Å². The number of pyridine rings is 1. The van der Waals surface area contributed by atoms with E-state index in [-0.39, 0.29) is 14.5 Å². The predicted octanol–water partition coefficient (Wildman–Crippen LogP) is 3.60. The predicted molar refractivity (Wildman–Crippen MR) is 95.2 cm³/mol. The highest BCUT2D eigenvalue weighted by molar-refractivity contribution is 6.03. The van der Waals surface area contributed by atoms with E-state index >= 15 is 0 Å². The molecule has 3 aromatic rings. The SMILES string of the molecule is COc1cccc(NC(=O)c2nc(-c3cccnc3)cnc2C)c1.[HH].[HH]. The molecule has 0 bridgehead atoms. The fraction of sp³-hybridized carbons (Fsp3) is 0.111. The summed E-state index contributed by atoms with van der Waals surface area (Å²) in [4.78, 5) is 25.3. The summed E-state index contributed by atoms with van der Waals surface area (Å²) in [7, 11) is 1.58. The van der Waals surface area contributed by atoms with Crippen LogP contribution in [0.2, 0.25) is 0 Å². The number of amides is 1. The zero-order valence-electron chi connectivity index (χ0n) is 13.4. The lowest BCUT2D eigenvalue weighted by molar-refractivity contribution is 0.102. The molecule has 0 aliphatic heterocycles. The number of aromatic nitrogens is 3. The van der Waals surface area contributed by atoms with Gasteiger partial charge in [-0.15, -0.1) is 0 Å². The lowest BCUT2D eigenvalue weighted by Crippen LogP contribution is -2.16. The van der Waals surface area contributed by atoms with E-state index in [4.69, 9.17) is 4.74 Å². The molecular weight excluding hydrogens is 304 g/mol. The zero-order chi connectivity index (χ0) is 16.9. The van der Waals surface area contributed by atoms with Crippen molar-refractivity contribution < 1.29 is 12.4 Å². The maximum Gasteiger partial charge on any atom is 0.276 e. The first-order chi connectivity index (χ1) is 11.7. The van der Waals surface area contributed by atoms with Gasteiger partial charge in [0.05, 0.1) is 24.7 Å². The molecule has 3 rings (SSSR count). The Kier molecular flexibility index (Phi) is 4.47. The molecule has 0 aliphatic rings. The molecule has 6 nitrogen and oxygen atoms in total. The van der Waals surface area contributed by atoms with E-state index in [9.17, 15) is 4.79 Å². The van der Waals surface area contributed by atoms with Crippen molar-refractivity contribution in [3.63, 3.8) is 0 Å². The number of ether oxygens (including phenoxy) is 1. The maximum atomic E-state index is 12.5. The number of methoxy groups -OCH3 is 1. The summed E-state index contributed by atoms with van der Waals surface area (Å²) in [6.45, 7) is 1.75. The molecular formula is C18H20N4O2. The van der Waals surface area contributed by atoms with Gasteiger partial charge in [0.2, 0.25) is 0 Å². The van der Waals surface area contributed by atoms with Gasteiger partial charge in [-0.05, 0) is 31.2 Å². The summed E-state index contributed by atoms with van der Waals surface area (Å²) < 4.78 is 5.16. The van der Waals surface area contributed by atoms with Crippen molar-refractivity contribution in [3.05, 3.63) is 66.4 Å². The Labute approximate surface area is 142 Å². The van der Waals surface area contributed by atoms with Gasteiger partial charge in [-0.2, -0.15) is 0 Å². The Morgan fingerprint density at radius 3 is 2.83 bits per heavy atom. The minimum Gasteiger partial charge on any atom is -0.497 e. The van der Waals surface area contributed by atoms with Crippen LogP contribution in [0.25, 0.3) is 11.3 Å². The lowest BCUT2D eigenvalue weighted by Gasteiger charge is -2.09. The Balaban J connectivity index is 0.00000169. The van der Waals surface area contributed by atoms with Crippen LogP contribution in [0.1, 0.15) is 19.0 Å². The third-order valence-electron chi connectivity index (χ3n) is 3.46. The number of carbonyl (C=O) groups excluding carboxylic acids is 1. The van der Waals surface area contributed by atoms with Crippen LogP contribution in [0.3, 0.4) is 0 Å². The molecule has 0 unspecified atom stereocenters. The molecule has 2 heterocycles. The van der Waals surface area contributed by atoms with Gasteiger partial charge in [0.15, 0.2) is 0 Å². The second kappa shape index (κ2) is 6.87. The van der Waals surface area contributed by atoms with Crippen LogP contribution >= 0.6 is 0 Å². The Morgan fingerprint density at radius 2 is 2.08 bits per heavy atom. The zero-order valence-corrected chi connectivity index (χ0v) is 13.4. The number of nitrogens with one attached hydrogen (secondary N) is 1. The summed E-state index contributed by atoms with van der Waals surface area (Å²) in [5.74, 6) is 0.346. The largest absolute Gasteiger partial charge is 0.497 e. The molecule has 2 aromatic heterocycles. The quantitative estimate of drug-likeness (QED) is 0.793. The van der Waals surface area contributed by atoms with Crippen molar-refractivity contribution in [2.75, 3.05) is 12.4 Å². The first kappa shape index (κ1) is 15.6. The van der Waals surface area contributed by atoms with E-state index in [0.717, 1.165) is 5.56 Å². The third-order valence-corrected chi connectivity index (χ3v) is 3.46. The lowest BCUT2D eigenvalue weighted by atomic mass is 10.2. The number of benzene rings is 1. The van der Waals surface area contributed by atoms with Crippen molar-refractivity contribution in [2.24, 2.45) is 0 Å². The normalized spacial score (nSPS) is 10.2. The molecule has 0 radical (unpaired) electrons.